The molecule has 4 aromatic rings. The summed E-state index contributed by atoms with van der Waals surface area (Å²) in [5.41, 5.74) is 2.35. The number of nitrogens with one attached hydrogen (secondary N) is 1. The molecule has 0 aliphatic carbocycles. The van der Waals surface area contributed by atoms with E-state index in [1.54, 1.807) is 29.6 Å². The van der Waals surface area contributed by atoms with E-state index in [2.05, 4.69) is 25.3 Å². The summed E-state index contributed by atoms with van der Waals surface area (Å²) in [6.07, 6.45) is 3.38. The molecule has 2 aliphatic heterocycles. The van der Waals surface area contributed by atoms with Crippen LogP contribution < -0.4 is 4.90 Å². The zero-order valence-corrected chi connectivity index (χ0v) is 17.1. The van der Waals surface area contributed by atoms with E-state index >= 15 is 0 Å². The lowest BCUT2D eigenvalue weighted by Gasteiger charge is -2.32. The Hall–Kier alpha value is -3.90. The molecule has 1 saturated heterocycles. The van der Waals surface area contributed by atoms with E-state index in [1.807, 2.05) is 0 Å². The molecule has 1 N–H and O–H groups in total. The number of H-pyrrole nitrogens is 1. The second-order valence-electron chi connectivity index (χ2n) is 8.09. The van der Waals surface area contributed by atoms with Gasteiger partial charge in [-0.15, -0.1) is 5.10 Å². The Kier molecular flexibility index (Phi) is 4.22. The molecule has 0 unspecified atom stereocenters. The number of amides is 1. The maximum Gasteiger partial charge on any atom is 0.319 e. The number of aromatic nitrogens is 6. The molecule has 1 fully saturated rings. The van der Waals surface area contributed by atoms with Gasteiger partial charge in [-0.1, -0.05) is 5.10 Å². The van der Waals surface area contributed by atoms with Crippen molar-refractivity contribution in [1.82, 2.24) is 34.7 Å². The highest BCUT2D eigenvalue weighted by Gasteiger charge is 2.42. The molecular weight excluding hydrogens is 441 g/mol. The summed E-state index contributed by atoms with van der Waals surface area (Å²) in [7, 11) is 0. The third-order valence-corrected chi connectivity index (χ3v) is 5.97. The minimum atomic E-state index is -2.93. The smallest absolute Gasteiger partial charge is 0.319 e. The molecule has 0 spiro atoms. The second-order valence-corrected chi connectivity index (χ2v) is 8.09. The number of hydrogen-bond donors (Lipinski definition) is 1. The lowest BCUT2D eigenvalue weighted by Crippen LogP contribution is -2.37. The number of hydrogen-bond acceptors (Lipinski definition) is 7. The maximum atomic E-state index is 14.3. The molecular formula is C20H17F3N8O2. The number of imidazole rings is 1. The van der Waals surface area contributed by atoms with Crippen molar-refractivity contribution in [3.8, 4) is 0 Å². The van der Waals surface area contributed by atoms with Gasteiger partial charge in [0.2, 0.25) is 0 Å². The van der Waals surface area contributed by atoms with Crippen molar-refractivity contribution >= 4 is 17.4 Å². The highest BCUT2D eigenvalue weighted by Crippen LogP contribution is 2.36. The van der Waals surface area contributed by atoms with Gasteiger partial charge in [0, 0.05) is 37.8 Å². The van der Waals surface area contributed by atoms with Gasteiger partial charge in [0.15, 0.2) is 0 Å². The number of rotatable bonds is 3. The predicted molar refractivity (Wildman–Crippen MR) is 106 cm³/mol. The number of carbonyl (C=O) groups excluding carboxylic acids is 1. The third kappa shape index (κ3) is 3.22. The van der Waals surface area contributed by atoms with Gasteiger partial charge in [-0.25, -0.2) is 22.7 Å². The number of aromatic amines is 1. The van der Waals surface area contributed by atoms with Crippen molar-refractivity contribution in [2.45, 2.75) is 24.8 Å². The van der Waals surface area contributed by atoms with Gasteiger partial charge in [0.25, 0.3) is 5.92 Å². The van der Waals surface area contributed by atoms with E-state index in [-0.39, 0.29) is 18.5 Å². The van der Waals surface area contributed by atoms with Gasteiger partial charge < -0.3 is 19.2 Å². The average molecular weight is 458 g/mol. The Labute approximate surface area is 184 Å². The molecule has 10 nitrogen and oxygen atoms in total. The summed E-state index contributed by atoms with van der Waals surface area (Å²) in [6.45, 7) is -0.341. The number of alkyl halides is 2. The molecule has 4 aromatic heterocycles. The summed E-state index contributed by atoms with van der Waals surface area (Å²) >= 11 is 0. The van der Waals surface area contributed by atoms with E-state index < -0.39 is 36.7 Å². The summed E-state index contributed by atoms with van der Waals surface area (Å²) < 4.78 is 48.4. The molecule has 13 heteroatoms. The van der Waals surface area contributed by atoms with E-state index in [4.69, 9.17) is 4.42 Å². The van der Waals surface area contributed by atoms with Crippen molar-refractivity contribution in [1.29, 1.82) is 0 Å². The van der Waals surface area contributed by atoms with E-state index in [0.29, 0.717) is 29.9 Å². The van der Waals surface area contributed by atoms with Crippen LogP contribution in [0.3, 0.4) is 0 Å². The quantitative estimate of drug-likeness (QED) is 0.502. The Morgan fingerprint density at radius 1 is 1.27 bits per heavy atom. The first-order valence-electron chi connectivity index (χ1n) is 10.3. The molecule has 1 atom stereocenters. The Morgan fingerprint density at radius 2 is 2.15 bits per heavy atom. The summed E-state index contributed by atoms with van der Waals surface area (Å²) in [5.74, 6) is -4.45. The fraction of sp³-hybridized carbons (Fsp3) is 0.350. The molecule has 0 radical (unpaired) electrons. The van der Waals surface area contributed by atoms with Crippen LogP contribution in [-0.4, -0.2) is 66.1 Å². The van der Waals surface area contributed by atoms with Crippen LogP contribution in [0, 0.1) is 5.82 Å². The molecule has 2 aliphatic rings. The first kappa shape index (κ1) is 19.8. The van der Waals surface area contributed by atoms with Crippen LogP contribution in [-0.2, 0) is 6.42 Å². The average Bonchev–Trinajstić information content (AvgIpc) is 3.57. The van der Waals surface area contributed by atoms with Crippen LogP contribution in [0.2, 0.25) is 0 Å². The Morgan fingerprint density at radius 3 is 2.94 bits per heavy atom. The largest absolute Gasteiger partial charge is 0.399 e. The topological polar surface area (TPSA) is 108 Å². The Bertz CT molecular complexity index is 1360. The summed E-state index contributed by atoms with van der Waals surface area (Å²) in [5, 5.41) is 12.3. The van der Waals surface area contributed by atoms with Gasteiger partial charge >= 0.3 is 17.8 Å². The number of anilines is 1. The molecule has 0 saturated carbocycles. The molecule has 1 amide bonds. The number of halogens is 3. The molecule has 0 aromatic carbocycles. The minimum Gasteiger partial charge on any atom is -0.399 e. The number of fused-ring (bicyclic) bond motifs is 2. The fourth-order valence-corrected chi connectivity index (χ4v) is 4.38. The van der Waals surface area contributed by atoms with Gasteiger partial charge in [-0.3, -0.25) is 4.79 Å². The first-order valence-corrected chi connectivity index (χ1v) is 10.3. The zero-order valence-electron chi connectivity index (χ0n) is 17.1. The van der Waals surface area contributed by atoms with E-state index in [1.165, 1.54) is 10.6 Å². The highest BCUT2D eigenvalue weighted by atomic mass is 19.3. The fourth-order valence-electron chi connectivity index (χ4n) is 4.38. The van der Waals surface area contributed by atoms with Crippen LogP contribution >= 0.6 is 0 Å². The standard InChI is InChI=1S/C20H17F3N8O2/c21-11-2-1-5-31-14(11)8-13(28-31)16-15-12(24-10-25-15)3-6-30(16)19-27-26-17(33-19)18(32)29-7-4-20(22,23)9-29/h1-2,5,8,10,16H,3-4,6-7,9H2,(H,24,25)/t16-/m0/s1. The van der Waals surface area contributed by atoms with Crippen LogP contribution in [0.25, 0.3) is 5.52 Å². The lowest BCUT2D eigenvalue weighted by molar-refractivity contribution is 0.0115. The SMILES string of the molecule is O=C(c1nnc(N2CCc3[nH]cnc3[C@@H]2c2cc3c(F)cccn3n2)o1)N1CCC(F)(F)C1. The molecule has 6 heterocycles. The van der Waals surface area contributed by atoms with Crippen molar-refractivity contribution in [3.05, 3.63) is 59.5 Å². The number of nitrogens with zero attached hydrogens (tertiary/aromatic N) is 7. The summed E-state index contributed by atoms with van der Waals surface area (Å²) in [6, 6.07) is 3.96. The van der Waals surface area contributed by atoms with Crippen molar-refractivity contribution in [3.63, 3.8) is 0 Å². The first-order chi connectivity index (χ1) is 15.9. The van der Waals surface area contributed by atoms with Gasteiger partial charge in [-0.05, 0) is 18.2 Å². The number of pyridine rings is 1. The number of carbonyl (C=O) groups is 1. The maximum absolute atomic E-state index is 14.3. The van der Waals surface area contributed by atoms with Crippen LogP contribution in [0.4, 0.5) is 19.2 Å². The lowest BCUT2D eigenvalue weighted by atomic mass is 10.0. The molecule has 6 rings (SSSR count). The molecule has 0 bridgehead atoms. The van der Waals surface area contributed by atoms with Gasteiger partial charge in [-0.2, -0.15) is 5.10 Å². The van der Waals surface area contributed by atoms with Crippen molar-refractivity contribution in [2.24, 2.45) is 0 Å². The monoisotopic (exact) mass is 458 g/mol. The van der Waals surface area contributed by atoms with Crippen LogP contribution in [0.15, 0.2) is 35.1 Å². The third-order valence-electron chi connectivity index (χ3n) is 5.97. The summed E-state index contributed by atoms with van der Waals surface area (Å²) in [4.78, 5) is 22.8. The normalized spacial score (nSPS) is 19.9. The molecule has 170 valence electrons. The van der Waals surface area contributed by atoms with Crippen LogP contribution in [0.1, 0.15) is 40.2 Å². The molecule has 33 heavy (non-hydrogen) atoms. The van der Waals surface area contributed by atoms with Crippen LogP contribution in [0.5, 0.6) is 0 Å². The predicted octanol–water partition coefficient (Wildman–Crippen LogP) is 2.21. The van der Waals surface area contributed by atoms with Gasteiger partial charge in [0.05, 0.1) is 24.3 Å². The van der Waals surface area contributed by atoms with Gasteiger partial charge in [0.1, 0.15) is 17.4 Å². The number of likely N-dealkylation sites (tertiary alicyclic amines) is 1. The van der Waals surface area contributed by atoms with E-state index in [9.17, 15) is 18.0 Å². The zero-order chi connectivity index (χ0) is 22.7. The second kappa shape index (κ2) is 7.05. The van der Waals surface area contributed by atoms with Crippen molar-refractivity contribution in [2.75, 3.05) is 24.5 Å². The highest BCUT2D eigenvalue weighted by molar-refractivity contribution is 5.90. The van der Waals surface area contributed by atoms with E-state index in [0.717, 1.165) is 10.6 Å². The Balaban J connectivity index is 1.37. The van der Waals surface area contributed by atoms with Crippen molar-refractivity contribution < 1.29 is 22.4 Å². The minimum absolute atomic E-state index is 0.0282.